The molecule has 1 aromatic rings. The van der Waals surface area contributed by atoms with E-state index in [0.717, 1.165) is 16.4 Å². The van der Waals surface area contributed by atoms with Crippen molar-refractivity contribution in [3.05, 3.63) is 29.6 Å². The minimum Gasteiger partial charge on any atom is -0.395 e. The molecule has 102 valence electrons. The van der Waals surface area contributed by atoms with Gasteiger partial charge in [-0.1, -0.05) is 0 Å². The van der Waals surface area contributed by atoms with Gasteiger partial charge in [0.2, 0.25) is 10.0 Å². The first-order valence-corrected chi connectivity index (χ1v) is 7.27. The first-order valence-electron chi connectivity index (χ1n) is 5.83. The first kappa shape index (κ1) is 13.9. The van der Waals surface area contributed by atoms with Crippen molar-refractivity contribution < 1.29 is 17.9 Å². The van der Waals surface area contributed by atoms with Crippen molar-refractivity contribution in [2.45, 2.75) is 23.8 Å². The van der Waals surface area contributed by atoms with Gasteiger partial charge in [-0.2, -0.15) is 9.57 Å². The van der Waals surface area contributed by atoms with Crippen molar-refractivity contribution in [3.8, 4) is 6.07 Å². The van der Waals surface area contributed by atoms with Crippen LogP contribution >= 0.6 is 0 Å². The molecule has 1 aromatic carbocycles. The normalized spacial score (nSPS) is 20.4. The summed E-state index contributed by atoms with van der Waals surface area (Å²) in [5, 5.41) is 17.8. The molecule has 2 rings (SSSR count). The number of nitriles is 1. The Morgan fingerprint density at radius 1 is 1.53 bits per heavy atom. The Bertz CT molecular complexity index is 624. The standard InChI is InChI=1S/C12H13FN2O3S/c13-11-6-9(7-14)3-4-12(11)19(17,18)15-5-1-2-10(15)8-16/h3-4,6,10,16H,1-2,5,8H2/t10-/m1/s1. The van der Waals surface area contributed by atoms with Crippen LogP contribution in [0.4, 0.5) is 4.39 Å². The Labute approximate surface area is 110 Å². The number of sulfonamides is 1. The zero-order valence-corrected chi connectivity index (χ0v) is 10.9. The maximum absolute atomic E-state index is 13.8. The van der Waals surface area contributed by atoms with Crippen molar-refractivity contribution in [2.24, 2.45) is 0 Å². The molecule has 0 bridgehead atoms. The van der Waals surface area contributed by atoms with E-state index in [4.69, 9.17) is 10.4 Å². The summed E-state index contributed by atoms with van der Waals surface area (Å²) in [6.45, 7) is -0.00979. The van der Waals surface area contributed by atoms with Gasteiger partial charge in [0.05, 0.1) is 18.2 Å². The smallest absolute Gasteiger partial charge is 0.246 e. The molecule has 0 amide bonds. The minimum absolute atomic E-state index is 0.0663. The minimum atomic E-state index is -3.97. The summed E-state index contributed by atoms with van der Waals surface area (Å²) in [6.07, 6.45) is 1.20. The first-order chi connectivity index (χ1) is 9.00. The molecule has 1 atom stereocenters. The van der Waals surface area contributed by atoms with Gasteiger partial charge < -0.3 is 5.11 Å². The van der Waals surface area contributed by atoms with E-state index in [2.05, 4.69) is 0 Å². The van der Waals surface area contributed by atoms with E-state index in [1.165, 1.54) is 6.07 Å². The summed E-state index contributed by atoms with van der Waals surface area (Å²) in [7, 11) is -3.97. The highest BCUT2D eigenvalue weighted by atomic mass is 32.2. The van der Waals surface area contributed by atoms with Crippen LogP contribution in [-0.4, -0.2) is 37.0 Å². The number of rotatable bonds is 3. The second-order valence-corrected chi connectivity index (χ2v) is 6.21. The monoisotopic (exact) mass is 284 g/mol. The molecule has 0 saturated carbocycles. The number of aliphatic hydroxyl groups excluding tert-OH is 1. The molecule has 5 nitrogen and oxygen atoms in total. The Morgan fingerprint density at radius 2 is 2.26 bits per heavy atom. The van der Waals surface area contributed by atoms with Gasteiger partial charge in [0, 0.05) is 12.6 Å². The van der Waals surface area contributed by atoms with Crippen LogP contribution in [0.25, 0.3) is 0 Å². The quantitative estimate of drug-likeness (QED) is 0.892. The molecular weight excluding hydrogens is 271 g/mol. The molecule has 0 aromatic heterocycles. The van der Waals surface area contributed by atoms with Crippen molar-refractivity contribution in [2.75, 3.05) is 13.2 Å². The topological polar surface area (TPSA) is 81.4 Å². The predicted molar refractivity (Wildman–Crippen MR) is 65.1 cm³/mol. The summed E-state index contributed by atoms with van der Waals surface area (Å²) in [5.74, 6) is -0.942. The maximum atomic E-state index is 13.8. The lowest BCUT2D eigenvalue weighted by molar-refractivity contribution is 0.213. The number of aliphatic hydroxyl groups is 1. The van der Waals surface area contributed by atoms with E-state index >= 15 is 0 Å². The molecule has 1 N–H and O–H groups in total. The highest BCUT2D eigenvalue weighted by Crippen LogP contribution is 2.27. The molecule has 1 fully saturated rings. The zero-order valence-electron chi connectivity index (χ0n) is 10.1. The summed E-state index contributed by atoms with van der Waals surface area (Å²) in [5.41, 5.74) is 0.0663. The molecule has 1 aliphatic rings. The van der Waals surface area contributed by atoms with Crippen LogP contribution in [0.1, 0.15) is 18.4 Å². The van der Waals surface area contributed by atoms with Crippen molar-refractivity contribution >= 4 is 10.0 Å². The van der Waals surface area contributed by atoms with E-state index in [1.54, 1.807) is 6.07 Å². The maximum Gasteiger partial charge on any atom is 0.246 e. The van der Waals surface area contributed by atoms with Gasteiger partial charge in [-0.25, -0.2) is 12.8 Å². The SMILES string of the molecule is N#Cc1ccc(S(=O)(=O)N2CCC[C@@H]2CO)c(F)c1. The fourth-order valence-electron chi connectivity index (χ4n) is 2.21. The molecule has 1 saturated heterocycles. The molecule has 19 heavy (non-hydrogen) atoms. The molecule has 0 radical (unpaired) electrons. The van der Waals surface area contributed by atoms with Gasteiger partial charge in [-0.15, -0.1) is 0 Å². The van der Waals surface area contributed by atoms with E-state index < -0.39 is 26.8 Å². The predicted octanol–water partition coefficient (Wildman–Crippen LogP) is 0.843. The summed E-state index contributed by atoms with van der Waals surface area (Å²) in [6, 6.07) is 4.50. The fourth-order valence-corrected chi connectivity index (χ4v) is 3.95. The third kappa shape index (κ3) is 2.47. The molecule has 0 aliphatic carbocycles. The average Bonchev–Trinajstić information content (AvgIpc) is 2.87. The van der Waals surface area contributed by atoms with Gasteiger partial charge in [-0.3, -0.25) is 0 Å². The molecular formula is C12H13FN2O3S. The number of nitrogens with zero attached hydrogens (tertiary/aromatic N) is 2. The summed E-state index contributed by atoms with van der Waals surface area (Å²) in [4.78, 5) is -0.452. The van der Waals surface area contributed by atoms with Gasteiger partial charge >= 0.3 is 0 Å². The van der Waals surface area contributed by atoms with Crippen LogP contribution in [0.15, 0.2) is 23.1 Å². The highest BCUT2D eigenvalue weighted by molar-refractivity contribution is 7.89. The van der Waals surface area contributed by atoms with Crippen LogP contribution in [0.2, 0.25) is 0 Å². The Morgan fingerprint density at radius 3 is 2.84 bits per heavy atom. The summed E-state index contributed by atoms with van der Waals surface area (Å²) >= 11 is 0. The van der Waals surface area contributed by atoms with Gasteiger partial charge in [0.1, 0.15) is 10.7 Å². The zero-order chi connectivity index (χ0) is 14.0. The van der Waals surface area contributed by atoms with E-state index in [1.807, 2.05) is 0 Å². The van der Waals surface area contributed by atoms with E-state index in [-0.39, 0.29) is 18.7 Å². The Hall–Kier alpha value is -1.49. The second kappa shape index (κ2) is 5.25. The number of benzene rings is 1. The Balaban J connectivity index is 2.43. The van der Waals surface area contributed by atoms with E-state index in [0.29, 0.717) is 12.8 Å². The van der Waals surface area contributed by atoms with Crippen molar-refractivity contribution in [1.29, 1.82) is 5.26 Å². The molecule has 1 aliphatic heterocycles. The van der Waals surface area contributed by atoms with Gasteiger partial charge in [0.15, 0.2) is 0 Å². The third-order valence-electron chi connectivity index (χ3n) is 3.18. The van der Waals surface area contributed by atoms with Gasteiger partial charge in [0.25, 0.3) is 0 Å². The largest absolute Gasteiger partial charge is 0.395 e. The average molecular weight is 284 g/mol. The van der Waals surface area contributed by atoms with Crippen molar-refractivity contribution in [1.82, 2.24) is 4.31 Å². The molecule has 7 heteroatoms. The molecule has 0 unspecified atom stereocenters. The Kier molecular flexibility index (Phi) is 3.85. The number of hydrogen-bond donors (Lipinski definition) is 1. The van der Waals surface area contributed by atoms with Crippen LogP contribution < -0.4 is 0 Å². The number of hydrogen-bond acceptors (Lipinski definition) is 4. The van der Waals surface area contributed by atoms with Crippen LogP contribution in [-0.2, 0) is 10.0 Å². The summed E-state index contributed by atoms with van der Waals surface area (Å²) < 4.78 is 39.6. The fraction of sp³-hybridized carbons (Fsp3) is 0.417. The lowest BCUT2D eigenvalue weighted by Crippen LogP contribution is -2.37. The third-order valence-corrected chi connectivity index (χ3v) is 5.17. The van der Waals surface area contributed by atoms with Crippen LogP contribution in [0.5, 0.6) is 0 Å². The lowest BCUT2D eigenvalue weighted by atomic mass is 10.2. The van der Waals surface area contributed by atoms with Gasteiger partial charge in [-0.05, 0) is 31.0 Å². The van der Waals surface area contributed by atoms with E-state index in [9.17, 15) is 12.8 Å². The molecule has 1 heterocycles. The highest BCUT2D eigenvalue weighted by Gasteiger charge is 2.36. The van der Waals surface area contributed by atoms with Crippen LogP contribution in [0.3, 0.4) is 0 Å². The molecule has 0 spiro atoms. The van der Waals surface area contributed by atoms with Crippen LogP contribution in [0, 0.1) is 17.1 Å². The second-order valence-electron chi connectivity index (χ2n) is 4.35. The van der Waals surface area contributed by atoms with Crippen molar-refractivity contribution in [3.63, 3.8) is 0 Å². The number of halogens is 1. The lowest BCUT2D eigenvalue weighted by Gasteiger charge is -2.22.